The van der Waals surface area contributed by atoms with Gasteiger partial charge >= 0.3 is 0 Å². The fourth-order valence-corrected chi connectivity index (χ4v) is 2.09. The standard InChI is InChI=1S/C17H31N5O.HI/c1-7-8-9-10-11-12-22(6)16(18-5)19-13-14-20-15(23-21-14)17(2,3)4;/h7H,1,8-13H2,2-6H3,(H,18,19);1H. The third kappa shape index (κ3) is 8.12. The molecule has 0 aliphatic rings. The number of allylic oxidation sites excluding steroid dienone is 1. The van der Waals surface area contributed by atoms with Crippen LogP contribution in [0.3, 0.4) is 0 Å². The molecule has 0 radical (unpaired) electrons. The second-order valence-electron chi connectivity index (χ2n) is 6.73. The van der Waals surface area contributed by atoms with Crippen molar-refractivity contribution in [1.82, 2.24) is 20.4 Å². The lowest BCUT2D eigenvalue weighted by molar-refractivity contribution is 0.318. The van der Waals surface area contributed by atoms with E-state index in [1.54, 1.807) is 7.05 Å². The molecule has 1 aromatic heterocycles. The van der Waals surface area contributed by atoms with Gasteiger partial charge in [0.1, 0.15) is 0 Å². The summed E-state index contributed by atoms with van der Waals surface area (Å²) in [7, 11) is 3.83. The lowest BCUT2D eigenvalue weighted by Gasteiger charge is -2.21. The topological polar surface area (TPSA) is 66.5 Å². The summed E-state index contributed by atoms with van der Waals surface area (Å²) in [5, 5.41) is 7.29. The summed E-state index contributed by atoms with van der Waals surface area (Å²) in [6, 6.07) is 0. The molecule has 1 heterocycles. The Kier molecular flexibility index (Phi) is 10.9. The molecule has 6 nitrogen and oxygen atoms in total. The van der Waals surface area contributed by atoms with E-state index >= 15 is 0 Å². The third-order valence-corrected chi connectivity index (χ3v) is 3.49. The number of aliphatic imine (C=N–C) groups is 1. The highest BCUT2D eigenvalue weighted by Crippen LogP contribution is 2.19. The van der Waals surface area contributed by atoms with Crippen LogP contribution in [0.15, 0.2) is 22.2 Å². The van der Waals surface area contributed by atoms with E-state index in [-0.39, 0.29) is 29.4 Å². The van der Waals surface area contributed by atoms with E-state index in [1.807, 2.05) is 13.1 Å². The lowest BCUT2D eigenvalue weighted by atomic mass is 9.97. The maximum absolute atomic E-state index is 5.30. The average molecular weight is 449 g/mol. The van der Waals surface area contributed by atoms with Gasteiger partial charge in [0.05, 0.1) is 6.54 Å². The predicted octanol–water partition coefficient (Wildman–Crippen LogP) is 3.74. The van der Waals surface area contributed by atoms with Gasteiger partial charge in [-0.1, -0.05) is 38.4 Å². The van der Waals surface area contributed by atoms with Gasteiger partial charge < -0.3 is 14.7 Å². The Hall–Kier alpha value is -1.12. The van der Waals surface area contributed by atoms with E-state index in [9.17, 15) is 0 Å². The van der Waals surface area contributed by atoms with Crippen molar-refractivity contribution in [3.05, 3.63) is 24.4 Å². The minimum absolute atomic E-state index is 0. The molecule has 0 atom stereocenters. The Morgan fingerprint density at radius 1 is 1.33 bits per heavy atom. The minimum Gasteiger partial charge on any atom is -0.349 e. The van der Waals surface area contributed by atoms with E-state index in [4.69, 9.17) is 4.52 Å². The maximum Gasteiger partial charge on any atom is 0.232 e. The van der Waals surface area contributed by atoms with E-state index in [0.29, 0.717) is 18.3 Å². The van der Waals surface area contributed by atoms with E-state index < -0.39 is 0 Å². The van der Waals surface area contributed by atoms with Gasteiger partial charge in [0.2, 0.25) is 5.89 Å². The quantitative estimate of drug-likeness (QED) is 0.215. The summed E-state index contributed by atoms with van der Waals surface area (Å²) in [6.07, 6.45) is 6.60. The molecule has 0 saturated carbocycles. The number of rotatable bonds is 8. The Labute approximate surface area is 163 Å². The number of hydrogen-bond donors (Lipinski definition) is 1. The Morgan fingerprint density at radius 3 is 2.58 bits per heavy atom. The van der Waals surface area contributed by atoms with Crippen LogP contribution >= 0.6 is 24.0 Å². The fraction of sp³-hybridized carbons (Fsp3) is 0.706. The second-order valence-corrected chi connectivity index (χ2v) is 6.73. The molecule has 1 N–H and O–H groups in total. The van der Waals surface area contributed by atoms with Crippen LogP contribution in [0.25, 0.3) is 0 Å². The molecule has 1 aromatic rings. The lowest BCUT2D eigenvalue weighted by Crippen LogP contribution is -2.39. The first-order chi connectivity index (χ1) is 10.9. The Morgan fingerprint density at radius 2 is 2.04 bits per heavy atom. The summed E-state index contributed by atoms with van der Waals surface area (Å²) < 4.78 is 5.30. The van der Waals surface area contributed by atoms with Crippen molar-refractivity contribution in [2.75, 3.05) is 20.6 Å². The zero-order valence-electron chi connectivity index (χ0n) is 15.6. The van der Waals surface area contributed by atoms with Crippen molar-refractivity contribution in [2.45, 2.75) is 58.4 Å². The van der Waals surface area contributed by atoms with Crippen LogP contribution in [-0.4, -0.2) is 41.6 Å². The summed E-state index contributed by atoms with van der Waals surface area (Å²) in [5.41, 5.74) is -0.130. The first-order valence-electron chi connectivity index (χ1n) is 8.24. The molecular formula is C17H32IN5O. The molecule has 138 valence electrons. The van der Waals surface area contributed by atoms with Gasteiger partial charge in [0.25, 0.3) is 0 Å². The third-order valence-electron chi connectivity index (χ3n) is 3.49. The average Bonchev–Trinajstić information content (AvgIpc) is 2.96. The molecule has 7 heteroatoms. The number of guanidine groups is 1. The van der Waals surface area contributed by atoms with Crippen LogP contribution < -0.4 is 5.32 Å². The van der Waals surface area contributed by atoms with Crippen LogP contribution in [0.2, 0.25) is 0 Å². The number of aromatic nitrogens is 2. The van der Waals surface area contributed by atoms with E-state index in [1.165, 1.54) is 12.8 Å². The molecule has 0 amide bonds. The molecule has 0 aromatic carbocycles. The molecule has 0 bridgehead atoms. The summed E-state index contributed by atoms with van der Waals surface area (Å²) in [6.45, 7) is 11.4. The number of halogens is 1. The normalized spacial score (nSPS) is 11.8. The van der Waals surface area contributed by atoms with Gasteiger partial charge in [-0.2, -0.15) is 4.98 Å². The smallest absolute Gasteiger partial charge is 0.232 e. The van der Waals surface area contributed by atoms with Gasteiger partial charge in [-0.25, -0.2) is 0 Å². The maximum atomic E-state index is 5.30. The molecule has 0 spiro atoms. The summed E-state index contributed by atoms with van der Waals surface area (Å²) in [5.74, 6) is 2.14. The Balaban J connectivity index is 0.00000529. The number of nitrogens with zero attached hydrogens (tertiary/aromatic N) is 4. The predicted molar refractivity (Wildman–Crippen MR) is 110 cm³/mol. The highest BCUT2D eigenvalue weighted by Gasteiger charge is 2.21. The van der Waals surface area contributed by atoms with Gasteiger partial charge in [0, 0.05) is 26.1 Å². The molecule has 0 aliphatic carbocycles. The summed E-state index contributed by atoms with van der Waals surface area (Å²) >= 11 is 0. The van der Waals surface area contributed by atoms with Crippen LogP contribution in [-0.2, 0) is 12.0 Å². The number of nitrogens with one attached hydrogen (secondary N) is 1. The van der Waals surface area contributed by atoms with Crippen LogP contribution in [0.5, 0.6) is 0 Å². The molecule has 0 aliphatic heterocycles. The minimum atomic E-state index is -0.130. The van der Waals surface area contributed by atoms with Crippen molar-refractivity contribution < 1.29 is 4.52 Å². The van der Waals surface area contributed by atoms with Gasteiger partial charge in [-0.15, -0.1) is 30.6 Å². The monoisotopic (exact) mass is 449 g/mol. The van der Waals surface area contributed by atoms with Gasteiger partial charge in [0.15, 0.2) is 11.8 Å². The Bertz CT molecular complexity index is 507. The van der Waals surface area contributed by atoms with Gasteiger partial charge in [-0.05, 0) is 19.3 Å². The highest BCUT2D eigenvalue weighted by atomic mass is 127. The van der Waals surface area contributed by atoms with Crippen molar-refractivity contribution >= 4 is 29.9 Å². The fourth-order valence-electron chi connectivity index (χ4n) is 2.09. The van der Waals surface area contributed by atoms with E-state index in [2.05, 4.69) is 52.7 Å². The molecule has 0 unspecified atom stereocenters. The zero-order valence-corrected chi connectivity index (χ0v) is 18.0. The summed E-state index contributed by atoms with van der Waals surface area (Å²) in [4.78, 5) is 10.8. The zero-order chi connectivity index (χ0) is 17.3. The number of hydrogen-bond acceptors (Lipinski definition) is 4. The van der Waals surface area contributed by atoms with Crippen molar-refractivity contribution in [2.24, 2.45) is 4.99 Å². The second kappa shape index (κ2) is 11.4. The molecule has 0 fully saturated rings. The van der Waals surface area contributed by atoms with Gasteiger partial charge in [-0.3, -0.25) is 4.99 Å². The van der Waals surface area contributed by atoms with Crippen molar-refractivity contribution in [3.8, 4) is 0 Å². The first kappa shape index (κ1) is 22.9. The molecule has 24 heavy (non-hydrogen) atoms. The molecule has 0 saturated heterocycles. The largest absolute Gasteiger partial charge is 0.349 e. The SMILES string of the molecule is C=CCCCCCN(C)C(=NC)NCc1noc(C(C)(C)C)n1.I. The first-order valence-corrected chi connectivity index (χ1v) is 8.24. The molecule has 1 rings (SSSR count). The van der Waals surface area contributed by atoms with Crippen molar-refractivity contribution in [1.29, 1.82) is 0 Å². The van der Waals surface area contributed by atoms with Crippen LogP contribution in [0.4, 0.5) is 0 Å². The van der Waals surface area contributed by atoms with Crippen molar-refractivity contribution in [3.63, 3.8) is 0 Å². The van der Waals surface area contributed by atoms with Crippen LogP contribution in [0.1, 0.15) is 58.2 Å². The van der Waals surface area contributed by atoms with Crippen LogP contribution in [0, 0.1) is 0 Å². The highest BCUT2D eigenvalue weighted by molar-refractivity contribution is 14.0. The number of unbranched alkanes of at least 4 members (excludes halogenated alkanes) is 3. The van der Waals surface area contributed by atoms with E-state index in [0.717, 1.165) is 25.3 Å². The molecular weight excluding hydrogens is 417 g/mol.